The van der Waals surface area contributed by atoms with Crippen LogP contribution in [0.1, 0.15) is 36.7 Å². The summed E-state index contributed by atoms with van der Waals surface area (Å²) in [4.78, 5) is 16.8. The molecule has 1 aromatic heterocycles. The number of nitrogens with one attached hydrogen (secondary N) is 1. The lowest BCUT2D eigenvalue weighted by Crippen LogP contribution is -2.30. The minimum absolute atomic E-state index is 0.0858. The molecule has 2 atom stereocenters. The van der Waals surface area contributed by atoms with Crippen molar-refractivity contribution in [1.29, 1.82) is 0 Å². The highest BCUT2D eigenvalue weighted by Gasteiger charge is 2.24. The molecule has 1 amide bonds. The third-order valence-electron chi connectivity index (χ3n) is 4.92. The standard InChI is InChI=1S/C18H20N2O3S/c1-11-3-2-4-13(11)8-19-17(21)14-9-24-18(20-14)12-5-6-15-16(7-12)23-10-22-15/h5-7,9,11,13H,2-4,8,10H2,1H3,(H,19,21). The lowest BCUT2D eigenvalue weighted by atomic mass is 9.98. The summed E-state index contributed by atoms with van der Waals surface area (Å²) in [6.45, 7) is 3.27. The fraction of sp³-hybridized carbons (Fsp3) is 0.444. The van der Waals surface area contributed by atoms with Crippen molar-refractivity contribution in [2.45, 2.75) is 26.2 Å². The lowest BCUT2D eigenvalue weighted by Gasteiger charge is -2.15. The predicted molar refractivity (Wildman–Crippen MR) is 92.5 cm³/mol. The maximum atomic E-state index is 12.3. The summed E-state index contributed by atoms with van der Waals surface area (Å²) in [5.74, 6) is 2.69. The van der Waals surface area contributed by atoms with Gasteiger partial charge in [0.1, 0.15) is 10.7 Å². The molecule has 2 heterocycles. The highest BCUT2D eigenvalue weighted by atomic mass is 32.1. The number of rotatable bonds is 4. The highest BCUT2D eigenvalue weighted by molar-refractivity contribution is 7.13. The van der Waals surface area contributed by atoms with Crippen molar-refractivity contribution in [3.05, 3.63) is 29.3 Å². The van der Waals surface area contributed by atoms with Gasteiger partial charge in [-0.2, -0.15) is 0 Å². The number of hydrogen-bond acceptors (Lipinski definition) is 5. The molecule has 24 heavy (non-hydrogen) atoms. The van der Waals surface area contributed by atoms with Crippen molar-refractivity contribution < 1.29 is 14.3 Å². The van der Waals surface area contributed by atoms with E-state index in [9.17, 15) is 4.79 Å². The molecule has 2 aromatic rings. The molecule has 0 radical (unpaired) electrons. The Morgan fingerprint density at radius 1 is 1.33 bits per heavy atom. The van der Waals surface area contributed by atoms with Crippen LogP contribution in [0.15, 0.2) is 23.6 Å². The highest BCUT2D eigenvalue weighted by Crippen LogP contribution is 2.36. The average molecular weight is 344 g/mol. The van der Waals surface area contributed by atoms with Crippen molar-refractivity contribution in [2.75, 3.05) is 13.3 Å². The molecule has 5 nitrogen and oxygen atoms in total. The number of ether oxygens (including phenoxy) is 2. The molecule has 4 rings (SSSR count). The van der Waals surface area contributed by atoms with E-state index in [2.05, 4.69) is 17.2 Å². The van der Waals surface area contributed by atoms with Crippen LogP contribution in [0.4, 0.5) is 0 Å². The Morgan fingerprint density at radius 3 is 3.04 bits per heavy atom. The maximum Gasteiger partial charge on any atom is 0.270 e. The number of fused-ring (bicyclic) bond motifs is 1. The van der Waals surface area contributed by atoms with Crippen molar-refractivity contribution in [1.82, 2.24) is 10.3 Å². The topological polar surface area (TPSA) is 60.5 Å². The van der Waals surface area contributed by atoms with Crippen LogP contribution in [-0.4, -0.2) is 24.2 Å². The van der Waals surface area contributed by atoms with E-state index < -0.39 is 0 Å². The molecule has 0 spiro atoms. The first kappa shape index (κ1) is 15.4. The molecule has 1 aliphatic carbocycles. The van der Waals surface area contributed by atoms with Crippen molar-refractivity contribution in [2.24, 2.45) is 11.8 Å². The van der Waals surface area contributed by atoms with Crippen LogP contribution < -0.4 is 14.8 Å². The number of aromatic nitrogens is 1. The number of benzene rings is 1. The molecule has 1 aliphatic heterocycles. The van der Waals surface area contributed by atoms with Crippen LogP contribution in [0.3, 0.4) is 0 Å². The molecular formula is C18H20N2O3S. The quantitative estimate of drug-likeness (QED) is 0.918. The van der Waals surface area contributed by atoms with E-state index >= 15 is 0 Å². The van der Waals surface area contributed by atoms with Crippen LogP contribution in [-0.2, 0) is 0 Å². The van der Waals surface area contributed by atoms with Crippen molar-refractivity contribution >= 4 is 17.2 Å². The average Bonchev–Trinajstić information content (AvgIpc) is 3.32. The summed E-state index contributed by atoms with van der Waals surface area (Å²) in [5, 5.41) is 5.66. The van der Waals surface area contributed by atoms with Crippen LogP contribution in [0, 0.1) is 11.8 Å². The molecule has 1 fully saturated rings. The fourth-order valence-corrected chi connectivity index (χ4v) is 4.18. The van der Waals surface area contributed by atoms with Crippen LogP contribution >= 0.6 is 11.3 Å². The van der Waals surface area contributed by atoms with E-state index in [1.807, 2.05) is 23.6 Å². The third-order valence-corrected chi connectivity index (χ3v) is 5.81. The SMILES string of the molecule is CC1CCCC1CNC(=O)c1csc(-c2ccc3c(c2)OCO3)n1. The monoisotopic (exact) mass is 344 g/mol. The Labute approximate surface area is 145 Å². The van der Waals surface area contributed by atoms with E-state index in [1.165, 1.54) is 30.6 Å². The zero-order chi connectivity index (χ0) is 16.5. The Bertz CT molecular complexity index is 758. The summed E-state index contributed by atoms with van der Waals surface area (Å²) in [6.07, 6.45) is 3.75. The first-order chi connectivity index (χ1) is 11.7. The van der Waals surface area contributed by atoms with Gasteiger partial charge in [-0.15, -0.1) is 11.3 Å². The third kappa shape index (κ3) is 2.98. The summed E-state index contributed by atoms with van der Waals surface area (Å²) < 4.78 is 10.7. The summed E-state index contributed by atoms with van der Waals surface area (Å²) in [5.41, 5.74) is 1.42. The molecule has 2 unspecified atom stereocenters. The van der Waals surface area contributed by atoms with Gasteiger partial charge in [0.15, 0.2) is 11.5 Å². The number of carbonyl (C=O) groups is 1. The molecule has 2 aliphatic rings. The van der Waals surface area contributed by atoms with Crippen LogP contribution in [0.5, 0.6) is 11.5 Å². The second kappa shape index (κ2) is 6.43. The Kier molecular flexibility index (Phi) is 4.14. The summed E-state index contributed by atoms with van der Waals surface area (Å²) in [6, 6.07) is 5.72. The predicted octanol–water partition coefficient (Wildman–Crippen LogP) is 3.70. The molecule has 6 heteroatoms. The molecule has 1 saturated carbocycles. The molecule has 0 saturated heterocycles. The largest absolute Gasteiger partial charge is 0.454 e. The molecule has 0 bridgehead atoms. The Morgan fingerprint density at radius 2 is 2.21 bits per heavy atom. The number of thiazole rings is 1. The lowest BCUT2D eigenvalue weighted by molar-refractivity contribution is 0.0940. The number of nitrogens with zero attached hydrogens (tertiary/aromatic N) is 1. The minimum atomic E-state index is -0.0858. The molecular weight excluding hydrogens is 324 g/mol. The van der Waals surface area contributed by atoms with Gasteiger partial charge in [0.2, 0.25) is 6.79 Å². The normalized spacial score (nSPS) is 21.9. The van der Waals surface area contributed by atoms with Gasteiger partial charge in [0.05, 0.1) is 0 Å². The second-order valence-corrected chi connectivity index (χ2v) is 7.34. The van der Waals surface area contributed by atoms with Gasteiger partial charge in [0, 0.05) is 17.5 Å². The van der Waals surface area contributed by atoms with Gasteiger partial charge >= 0.3 is 0 Å². The smallest absolute Gasteiger partial charge is 0.270 e. The number of hydrogen-bond donors (Lipinski definition) is 1. The summed E-state index contributed by atoms with van der Waals surface area (Å²) >= 11 is 1.47. The van der Waals surface area contributed by atoms with E-state index in [1.54, 1.807) is 0 Å². The molecule has 126 valence electrons. The van der Waals surface area contributed by atoms with Gasteiger partial charge in [0.25, 0.3) is 5.91 Å². The van der Waals surface area contributed by atoms with E-state index in [0.29, 0.717) is 17.5 Å². The zero-order valence-electron chi connectivity index (χ0n) is 13.6. The van der Waals surface area contributed by atoms with Gasteiger partial charge in [-0.1, -0.05) is 19.8 Å². The maximum absolute atomic E-state index is 12.3. The zero-order valence-corrected chi connectivity index (χ0v) is 14.4. The van der Waals surface area contributed by atoms with Gasteiger partial charge in [-0.25, -0.2) is 4.98 Å². The first-order valence-corrected chi connectivity index (χ1v) is 9.22. The van der Waals surface area contributed by atoms with E-state index in [0.717, 1.165) is 28.6 Å². The fourth-order valence-electron chi connectivity index (χ4n) is 3.38. The first-order valence-electron chi connectivity index (χ1n) is 8.34. The molecule has 1 N–H and O–H groups in total. The van der Waals surface area contributed by atoms with Crippen LogP contribution in [0.2, 0.25) is 0 Å². The van der Waals surface area contributed by atoms with Crippen molar-refractivity contribution in [3.63, 3.8) is 0 Å². The minimum Gasteiger partial charge on any atom is -0.454 e. The van der Waals surface area contributed by atoms with Gasteiger partial charge < -0.3 is 14.8 Å². The second-order valence-electron chi connectivity index (χ2n) is 6.48. The van der Waals surface area contributed by atoms with Gasteiger partial charge in [-0.3, -0.25) is 4.79 Å². The van der Waals surface area contributed by atoms with Crippen molar-refractivity contribution in [3.8, 4) is 22.1 Å². The van der Waals surface area contributed by atoms with Gasteiger partial charge in [-0.05, 0) is 36.5 Å². The van der Waals surface area contributed by atoms with Crippen LogP contribution in [0.25, 0.3) is 10.6 Å². The number of carbonyl (C=O) groups excluding carboxylic acids is 1. The Balaban J connectivity index is 1.43. The number of amides is 1. The van der Waals surface area contributed by atoms with E-state index in [4.69, 9.17) is 9.47 Å². The summed E-state index contributed by atoms with van der Waals surface area (Å²) in [7, 11) is 0. The van der Waals surface area contributed by atoms with E-state index in [-0.39, 0.29) is 12.7 Å². The molecule has 1 aromatic carbocycles. The Hall–Kier alpha value is -2.08.